The van der Waals surface area contributed by atoms with Crippen LogP contribution in [0.25, 0.3) is 0 Å². The molecule has 0 bridgehead atoms. The summed E-state index contributed by atoms with van der Waals surface area (Å²) in [7, 11) is 3.28. The first-order chi connectivity index (χ1) is 10.6. The molecule has 1 fully saturated rings. The second kappa shape index (κ2) is 8.03. The quantitative estimate of drug-likeness (QED) is 0.841. The van der Waals surface area contributed by atoms with Gasteiger partial charge in [-0.3, -0.25) is 4.79 Å². The Morgan fingerprint density at radius 2 is 2.14 bits per heavy atom. The number of hydrogen-bond donors (Lipinski definition) is 2. The lowest BCUT2D eigenvalue weighted by atomic mass is 9.85. The molecular formula is C17H26N2O3. The minimum Gasteiger partial charge on any atom is -0.497 e. The molecule has 2 unspecified atom stereocenters. The molecule has 1 saturated carbocycles. The van der Waals surface area contributed by atoms with E-state index in [0.29, 0.717) is 13.0 Å². The molecule has 22 heavy (non-hydrogen) atoms. The maximum Gasteiger partial charge on any atom is 0.223 e. The summed E-state index contributed by atoms with van der Waals surface area (Å²) in [6.45, 7) is 0.591. The zero-order valence-corrected chi connectivity index (χ0v) is 13.4. The van der Waals surface area contributed by atoms with Gasteiger partial charge in [-0.2, -0.15) is 0 Å². The van der Waals surface area contributed by atoms with E-state index in [4.69, 9.17) is 15.2 Å². The van der Waals surface area contributed by atoms with Crippen molar-refractivity contribution in [2.24, 2.45) is 11.7 Å². The van der Waals surface area contributed by atoms with Gasteiger partial charge in [0, 0.05) is 18.5 Å². The number of rotatable bonds is 6. The molecule has 122 valence electrons. The van der Waals surface area contributed by atoms with Crippen molar-refractivity contribution in [2.75, 3.05) is 20.8 Å². The predicted octanol–water partition coefficient (Wildman–Crippen LogP) is 1.88. The predicted molar refractivity (Wildman–Crippen MR) is 86.2 cm³/mol. The highest BCUT2D eigenvalue weighted by molar-refractivity contribution is 5.78. The normalized spacial score (nSPS) is 21.2. The van der Waals surface area contributed by atoms with Crippen LogP contribution in [0.3, 0.4) is 0 Å². The third-order valence-corrected chi connectivity index (χ3v) is 4.27. The molecular weight excluding hydrogens is 280 g/mol. The van der Waals surface area contributed by atoms with E-state index in [-0.39, 0.29) is 17.9 Å². The first kappa shape index (κ1) is 16.6. The van der Waals surface area contributed by atoms with Crippen LogP contribution in [-0.4, -0.2) is 32.7 Å². The molecule has 0 radical (unpaired) electrons. The van der Waals surface area contributed by atoms with Gasteiger partial charge in [0.1, 0.15) is 11.5 Å². The molecule has 3 N–H and O–H groups in total. The second-order valence-corrected chi connectivity index (χ2v) is 5.84. The summed E-state index contributed by atoms with van der Waals surface area (Å²) in [6.07, 6.45) is 4.54. The van der Waals surface area contributed by atoms with Crippen LogP contribution >= 0.6 is 0 Å². The number of carbonyl (C=O) groups is 1. The van der Waals surface area contributed by atoms with Crippen LogP contribution in [-0.2, 0) is 11.2 Å². The van der Waals surface area contributed by atoms with E-state index in [1.807, 2.05) is 18.2 Å². The first-order valence-corrected chi connectivity index (χ1v) is 7.88. The van der Waals surface area contributed by atoms with E-state index < -0.39 is 0 Å². The molecule has 1 aliphatic carbocycles. The molecule has 0 heterocycles. The minimum atomic E-state index is 0.0657. The summed E-state index contributed by atoms with van der Waals surface area (Å²) >= 11 is 0. The average molecular weight is 306 g/mol. The van der Waals surface area contributed by atoms with E-state index >= 15 is 0 Å². The second-order valence-electron chi connectivity index (χ2n) is 5.84. The fourth-order valence-corrected chi connectivity index (χ4v) is 3.01. The van der Waals surface area contributed by atoms with Gasteiger partial charge in [-0.25, -0.2) is 0 Å². The molecule has 1 aliphatic rings. The Kier molecular flexibility index (Phi) is 6.07. The van der Waals surface area contributed by atoms with Crippen molar-refractivity contribution in [1.82, 2.24) is 5.32 Å². The number of nitrogens with two attached hydrogens (primary N) is 1. The lowest BCUT2D eigenvalue weighted by Gasteiger charge is -2.25. The fourth-order valence-electron chi connectivity index (χ4n) is 3.01. The van der Waals surface area contributed by atoms with Gasteiger partial charge in [-0.05, 0) is 49.4 Å². The molecule has 5 nitrogen and oxygen atoms in total. The molecule has 1 aromatic carbocycles. The summed E-state index contributed by atoms with van der Waals surface area (Å²) < 4.78 is 10.6. The van der Waals surface area contributed by atoms with Gasteiger partial charge in [0.15, 0.2) is 0 Å². The Morgan fingerprint density at radius 1 is 1.32 bits per heavy atom. The largest absolute Gasteiger partial charge is 0.497 e. The number of benzene rings is 1. The van der Waals surface area contributed by atoms with Gasteiger partial charge < -0.3 is 20.5 Å². The van der Waals surface area contributed by atoms with E-state index in [1.54, 1.807) is 14.2 Å². The summed E-state index contributed by atoms with van der Waals surface area (Å²) in [5, 5.41) is 3.02. The van der Waals surface area contributed by atoms with Crippen LogP contribution in [0.4, 0.5) is 0 Å². The SMILES string of the molecule is COc1ccc(OC)c(CCNC(=O)C2CCCC(N)C2)c1. The van der Waals surface area contributed by atoms with Crippen LogP contribution in [0.15, 0.2) is 18.2 Å². The highest BCUT2D eigenvalue weighted by Crippen LogP contribution is 2.25. The van der Waals surface area contributed by atoms with Crippen LogP contribution in [0, 0.1) is 5.92 Å². The van der Waals surface area contributed by atoms with Crippen molar-refractivity contribution in [2.45, 2.75) is 38.1 Å². The maximum atomic E-state index is 12.2. The highest BCUT2D eigenvalue weighted by Gasteiger charge is 2.24. The summed E-state index contributed by atoms with van der Waals surface area (Å²) in [5.74, 6) is 1.79. The Balaban J connectivity index is 1.86. The minimum absolute atomic E-state index is 0.0657. The zero-order valence-electron chi connectivity index (χ0n) is 13.4. The zero-order chi connectivity index (χ0) is 15.9. The van der Waals surface area contributed by atoms with Gasteiger partial charge in [-0.15, -0.1) is 0 Å². The van der Waals surface area contributed by atoms with E-state index in [9.17, 15) is 4.79 Å². The van der Waals surface area contributed by atoms with Crippen LogP contribution in [0.1, 0.15) is 31.2 Å². The number of methoxy groups -OCH3 is 2. The van der Waals surface area contributed by atoms with Crippen LogP contribution < -0.4 is 20.5 Å². The molecule has 1 aromatic rings. The molecule has 0 saturated heterocycles. The molecule has 0 aromatic heterocycles. The number of nitrogens with one attached hydrogen (secondary N) is 1. The molecule has 1 amide bonds. The third kappa shape index (κ3) is 4.37. The smallest absolute Gasteiger partial charge is 0.223 e. The number of ether oxygens (including phenoxy) is 2. The van der Waals surface area contributed by atoms with Gasteiger partial charge in [-0.1, -0.05) is 6.42 Å². The monoisotopic (exact) mass is 306 g/mol. The van der Waals surface area contributed by atoms with Crippen molar-refractivity contribution in [3.05, 3.63) is 23.8 Å². The average Bonchev–Trinajstić information content (AvgIpc) is 2.54. The molecule has 0 spiro atoms. The summed E-state index contributed by atoms with van der Waals surface area (Å²) in [5.41, 5.74) is 6.97. The maximum absolute atomic E-state index is 12.2. The van der Waals surface area contributed by atoms with Crippen LogP contribution in [0.5, 0.6) is 11.5 Å². The first-order valence-electron chi connectivity index (χ1n) is 7.88. The Morgan fingerprint density at radius 3 is 2.82 bits per heavy atom. The van der Waals surface area contributed by atoms with E-state index in [1.165, 1.54) is 0 Å². The Hall–Kier alpha value is -1.75. The van der Waals surface area contributed by atoms with E-state index in [2.05, 4.69) is 5.32 Å². The molecule has 0 aliphatic heterocycles. The van der Waals surface area contributed by atoms with Crippen LogP contribution in [0.2, 0.25) is 0 Å². The molecule has 2 rings (SSSR count). The van der Waals surface area contributed by atoms with Crippen molar-refractivity contribution in [3.63, 3.8) is 0 Å². The van der Waals surface area contributed by atoms with Gasteiger partial charge in [0.2, 0.25) is 5.91 Å². The van der Waals surface area contributed by atoms with Crippen molar-refractivity contribution < 1.29 is 14.3 Å². The number of hydrogen-bond acceptors (Lipinski definition) is 4. The fraction of sp³-hybridized carbons (Fsp3) is 0.588. The standard InChI is InChI=1S/C17H26N2O3/c1-21-15-6-7-16(22-2)12(11-15)8-9-19-17(20)13-4-3-5-14(18)10-13/h6-7,11,13-14H,3-5,8-10,18H2,1-2H3,(H,19,20). The van der Waals surface area contributed by atoms with Gasteiger partial charge in [0.25, 0.3) is 0 Å². The van der Waals surface area contributed by atoms with Crippen molar-refractivity contribution in [1.29, 1.82) is 0 Å². The lowest BCUT2D eigenvalue weighted by Crippen LogP contribution is -2.38. The molecule has 5 heteroatoms. The highest BCUT2D eigenvalue weighted by atomic mass is 16.5. The topological polar surface area (TPSA) is 73.6 Å². The number of carbonyl (C=O) groups excluding carboxylic acids is 1. The van der Waals surface area contributed by atoms with Gasteiger partial charge in [0.05, 0.1) is 14.2 Å². The summed E-state index contributed by atoms with van der Waals surface area (Å²) in [6, 6.07) is 5.87. The van der Waals surface area contributed by atoms with Gasteiger partial charge >= 0.3 is 0 Å². The lowest BCUT2D eigenvalue weighted by molar-refractivity contribution is -0.126. The third-order valence-electron chi connectivity index (χ3n) is 4.27. The number of amides is 1. The van der Waals surface area contributed by atoms with Crippen molar-refractivity contribution in [3.8, 4) is 11.5 Å². The van der Waals surface area contributed by atoms with Crippen molar-refractivity contribution >= 4 is 5.91 Å². The Bertz CT molecular complexity index is 505. The molecule has 2 atom stereocenters. The van der Waals surface area contributed by atoms with E-state index in [0.717, 1.165) is 42.7 Å². The Labute approximate surface area is 132 Å². The summed E-state index contributed by atoms with van der Waals surface area (Å²) in [4.78, 5) is 12.2.